The molecule has 5 heteroatoms. The number of hydrogen-bond donors (Lipinski definition) is 0. The maximum absolute atomic E-state index is 12.7. The van der Waals surface area contributed by atoms with Crippen molar-refractivity contribution in [3.8, 4) is 5.75 Å². The molecule has 1 heterocycles. The third-order valence-electron chi connectivity index (χ3n) is 6.76. The first-order valence-electron chi connectivity index (χ1n) is 12.1. The van der Waals surface area contributed by atoms with E-state index in [1.807, 2.05) is 32.9 Å². The molecule has 2 aromatic carbocycles. The Bertz CT molecular complexity index is 1350. The number of fused-ring (bicyclic) bond motifs is 2. The van der Waals surface area contributed by atoms with Gasteiger partial charge in [0.2, 0.25) is 0 Å². The van der Waals surface area contributed by atoms with E-state index >= 15 is 0 Å². The SMILES string of the molecule is COc1ccc2[c](c1)[Ge]([CH3])([CH3])[C]1=CC(=[N+](C)C)C=CC1=C2c1ccc(C(=O)OC(C)(C)C)cc1C. The Labute approximate surface area is 212 Å². The third-order valence-corrected chi connectivity index (χ3v) is 14.1. The summed E-state index contributed by atoms with van der Waals surface area (Å²) in [7, 11) is 5.91. The van der Waals surface area contributed by atoms with Gasteiger partial charge >= 0.3 is 212 Å². The molecule has 0 aromatic heterocycles. The molecule has 0 unspecified atom stereocenters. The van der Waals surface area contributed by atoms with Gasteiger partial charge in [-0.2, -0.15) is 0 Å². The molecule has 0 N–H and O–H groups in total. The van der Waals surface area contributed by atoms with Gasteiger partial charge in [-0.25, -0.2) is 0 Å². The van der Waals surface area contributed by atoms with Crippen molar-refractivity contribution in [3.05, 3.63) is 86.9 Å². The summed E-state index contributed by atoms with van der Waals surface area (Å²) in [5.41, 5.74) is 7.25. The molecular formula is C30H36GeNO3+. The van der Waals surface area contributed by atoms with Crippen LogP contribution in [0.5, 0.6) is 5.75 Å². The fourth-order valence-electron chi connectivity index (χ4n) is 4.92. The van der Waals surface area contributed by atoms with E-state index in [-0.39, 0.29) is 5.97 Å². The van der Waals surface area contributed by atoms with E-state index in [2.05, 4.69) is 79.6 Å². The normalized spacial score (nSPS) is 16.4. The maximum atomic E-state index is 12.7. The number of methoxy groups -OCH3 is 1. The number of ether oxygens (including phenoxy) is 2. The zero-order valence-corrected chi connectivity index (χ0v) is 24.5. The van der Waals surface area contributed by atoms with Gasteiger partial charge < -0.3 is 0 Å². The van der Waals surface area contributed by atoms with Crippen LogP contribution >= 0.6 is 0 Å². The Morgan fingerprint density at radius 1 is 0.971 bits per heavy atom. The van der Waals surface area contributed by atoms with Crippen LogP contribution in [0, 0.1) is 6.92 Å². The van der Waals surface area contributed by atoms with Crippen LogP contribution in [-0.4, -0.2) is 56.3 Å². The molecule has 0 spiro atoms. The summed E-state index contributed by atoms with van der Waals surface area (Å²) >= 11 is -2.63. The Morgan fingerprint density at radius 3 is 2.26 bits per heavy atom. The van der Waals surface area contributed by atoms with Crippen molar-refractivity contribution >= 4 is 34.9 Å². The zero-order valence-electron chi connectivity index (χ0n) is 22.4. The standard InChI is InChI=1S/C30H36GeNO3/c1-19-16-20(29(33)35-30(2,3)4)10-13-23(19)28-24-14-11-21(32(7)8)17-26(24)31(5,6)27-18-22(34-9)12-15-25(27)28/h10-18H,1-9H3/q+1. The van der Waals surface area contributed by atoms with Crippen molar-refractivity contribution in [1.82, 2.24) is 0 Å². The van der Waals surface area contributed by atoms with Crippen LogP contribution < -0.4 is 9.13 Å². The molecule has 1 aliphatic heterocycles. The van der Waals surface area contributed by atoms with Gasteiger partial charge in [-0.15, -0.1) is 0 Å². The Kier molecular flexibility index (Phi) is 6.47. The average molecular weight is 531 g/mol. The quantitative estimate of drug-likeness (QED) is 0.301. The number of hydrogen-bond acceptors (Lipinski definition) is 3. The predicted octanol–water partition coefficient (Wildman–Crippen LogP) is 5.44. The van der Waals surface area contributed by atoms with Crippen molar-refractivity contribution < 1.29 is 18.8 Å². The van der Waals surface area contributed by atoms with Gasteiger partial charge in [-0.05, 0) is 0 Å². The average Bonchev–Trinajstić information content (AvgIpc) is 2.78. The van der Waals surface area contributed by atoms with Crippen LogP contribution in [-0.2, 0) is 4.74 Å². The zero-order chi connectivity index (χ0) is 25.7. The van der Waals surface area contributed by atoms with Gasteiger partial charge in [0.05, 0.1) is 0 Å². The molecule has 0 bridgehead atoms. The number of rotatable bonds is 3. The van der Waals surface area contributed by atoms with Crippen LogP contribution in [0.2, 0.25) is 11.5 Å². The van der Waals surface area contributed by atoms with E-state index < -0.39 is 18.9 Å². The number of carbonyl (C=O) groups is 1. The van der Waals surface area contributed by atoms with Crippen LogP contribution in [0.15, 0.2) is 64.6 Å². The monoisotopic (exact) mass is 532 g/mol. The van der Waals surface area contributed by atoms with Crippen molar-refractivity contribution in [2.45, 2.75) is 44.8 Å². The van der Waals surface area contributed by atoms with Crippen molar-refractivity contribution in [2.24, 2.45) is 0 Å². The van der Waals surface area contributed by atoms with E-state index in [1.54, 1.807) is 7.11 Å². The van der Waals surface area contributed by atoms with Crippen LogP contribution in [0.1, 0.15) is 47.8 Å². The summed E-state index contributed by atoms with van der Waals surface area (Å²) in [6.45, 7) is 7.75. The van der Waals surface area contributed by atoms with Gasteiger partial charge in [-0.1, -0.05) is 0 Å². The molecule has 2 aromatic rings. The summed E-state index contributed by atoms with van der Waals surface area (Å²) in [4.78, 5) is 12.7. The fourth-order valence-corrected chi connectivity index (χ4v) is 11.4. The molecular weight excluding hydrogens is 495 g/mol. The number of nitrogens with zero attached hydrogens (tertiary/aromatic N) is 1. The summed E-state index contributed by atoms with van der Waals surface area (Å²) in [5.74, 6) is 5.53. The second-order valence-electron chi connectivity index (χ2n) is 11.1. The van der Waals surface area contributed by atoms with Gasteiger partial charge in [-0.3, -0.25) is 0 Å². The van der Waals surface area contributed by atoms with Crippen LogP contribution in [0.4, 0.5) is 0 Å². The predicted molar refractivity (Wildman–Crippen MR) is 147 cm³/mol. The number of carbonyl (C=O) groups excluding carboxylic acids is 1. The van der Waals surface area contributed by atoms with E-state index in [4.69, 9.17) is 9.47 Å². The number of allylic oxidation sites excluding steroid dienone is 5. The van der Waals surface area contributed by atoms with Crippen molar-refractivity contribution in [1.29, 1.82) is 0 Å². The molecule has 0 saturated heterocycles. The van der Waals surface area contributed by atoms with Gasteiger partial charge in [0.15, 0.2) is 0 Å². The molecule has 4 nitrogen and oxygen atoms in total. The van der Waals surface area contributed by atoms with Gasteiger partial charge in [0.1, 0.15) is 0 Å². The number of benzene rings is 2. The second-order valence-corrected chi connectivity index (χ2v) is 20.1. The van der Waals surface area contributed by atoms with Crippen LogP contribution in [0.25, 0.3) is 5.57 Å². The Balaban J connectivity index is 1.96. The van der Waals surface area contributed by atoms with E-state index in [0.717, 1.165) is 16.9 Å². The summed E-state index contributed by atoms with van der Waals surface area (Å²) in [6, 6.07) is 12.4. The molecule has 35 heavy (non-hydrogen) atoms. The first kappa shape index (κ1) is 25.2. The summed E-state index contributed by atoms with van der Waals surface area (Å²) in [5, 5.41) is 0. The topological polar surface area (TPSA) is 38.5 Å². The van der Waals surface area contributed by atoms with E-state index in [0.29, 0.717) is 5.56 Å². The molecule has 1 aliphatic carbocycles. The Hall–Kier alpha value is -2.86. The molecule has 2 aliphatic rings. The molecule has 182 valence electrons. The first-order valence-corrected chi connectivity index (χ1v) is 18.4. The van der Waals surface area contributed by atoms with Gasteiger partial charge in [0.25, 0.3) is 0 Å². The first-order chi connectivity index (χ1) is 16.3. The molecule has 0 atom stereocenters. The van der Waals surface area contributed by atoms with E-state index in [9.17, 15) is 4.79 Å². The molecule has 0 radical (unpaired) electrons. The fraction of sp³-hybridized carbons (Fsp3) is 0.333. The Morgan fingerprint density at radius 2 is 1.66 bits per heavy atom. The van der Waals surface area contributed by atoms with Crippen LogP contribution in [0.3, 0.4) is 0 Å². The number of esters is 1. The molecule has 0 saturated carbocycles. The summed E-state index contributed by atoms with van der Waals surface area (Å²) < 4.78 is 16.3. The van der Waals surface area contributed by atoms with E-state index in [1.165, 1.54) is 31.2 Å². The summed E-state index contributed by atoms with van der Waals surface area (Å²) in [6.07, 6.45) is 6.86. The number of aryl methyl sites for hydroxylation is 1. The second kappa shape index (κ2) is 8.98. The van der Waals surface area contributed by atoms with Gasteiger partial charge in [0, 0.05) is 0 Å². The molecule has 4 rings (SSSR count). The minimum absolute atomic E-state index is 0.293. The third kappa shape index (κ3) is 4.68. The molecule has 0 amide bonds. The molecule has 0 fully saturated rings. The van der Waals surface area contributed by atoms with Crippen molar-refractivity contribution in [3.63, 3.8) is 0 Å². The van der Waals surface area contributed by atoms with Crippen molar-refractivity contribution in [2.75, 3.05) is 21.2 Å². The minimum atomic E-state index is -2.63.